The standard InChI is InChI=1S/C26H28N4O2/c1-27-25-14-28-13-24(29-25)26(32)30-11-10-19(15-30)21-9-8-18(12-20(21)16-31)23-5-3-2-4-22(23)17-6-7-17/h2-5,8-9,12-14,17,19,31H,6-7,10-11,15-16H2,1H3,(H,27,29). The molecule has 164 valence electrons. The van der Waals surface area contributed by atoms with Crippen LogP contribution in [-0.2, 0) is 6.61 Å². The van der Waals surface area contributed by atoms with E-state index in [4.69, 9.17) is 0 Å². The van der Waals surface area contributed by atoms with Crippen LogP contribution in [0.2, 0.25) is 0 Å². The van der Waals surface area contributed by atoms with Crippen LogP contribution in [0.4, 0.5) is 5.82 Å². The lowest BCUT2D eigenvalue weighted by Gasteiger charge is -2.19. The number of hydrogen-bond acceptors (Lipinski definition) is 5. The van der Waals surface area contributed by atoms with Crippen molar-refractivity contribution >= 4 is 11.7 Å². The van der Waals surface area contributed by atoms with E-state index in [1.165, 1.54) is 30.2 Å². The first-order valence-electron chi connectivity index (χ1n) is 11.3. The fraction of sp³-hybridized carbons (Fsp3) is 0.346. The number of aliphatic hydroxyl groups excluding tert-OH is 1. The average Bonchev–Trinajstić information content (AvgIpc) is 3.59. The van der Waals surface area contributed by atoms with Gasteiger partial charge in [0, 0.05) is 26.1 Å². The summed E-state index contributed by atoms with van der Waals surface area (Å²) < 4.78 is 0. The molecule has 32 heavy (non-hydrogen) atoms. The third-order valence-electron chi connectivity index (χ3n) is 6.63. The fourth-order valence-corrected chi connectivity index (χ4v) is 4.77. The zero-order chi connectivity index (χ0) is 22.1. The number of carbonyl (C=O) groups is 1. The Hall–Kier alpha value is -3.25. The van der Waals surface area contributed by atoms with Gasteiger partial charge in [-0.05, 0) is 59.1 Å². The topological polar surface area (TPSA) is 78.4 Å². The van der Waals surface area contributed by atoms with Crippen molar-refractivity contribution in [2.45, 2.75) is 37.7 Å². The Morgan fingerprint density at radius 3 is 2.72 bits per heavy atom. The van der Waals surface area contributed by atoms with Crippen molar-refractivity contribution in [2.24, 2.45) is 0 Å². The number of aromatic nitrogens is 2. The molecule has 2 aromatic carbocycles. The molecule has 1 unspecified atom stereocenters. The summed E-state index contributed by atoms with van der Waals surface area (Å²) >= 11 is 0. The summed E-state index contributed by atoms with van der Waals surface area (Å²) in [4.78, 5) is 23.2. The Morgan fingerprint density at radius 2 is 1.94 bits per heavy atom. The number of rotatable bonds is 6. The molecular weight excluding hydrogens is 400 g/mol. The summed E-state index contributed by atoms with van der Waals surface area (Å²) in [5, 5.41) is 13.1. The minimum absolute atomic E-state index is 0.00505. The van der Waals surface area contributed by atoms with Gasteiger partial charge in [0.25, 0.3) is 5.91 Å². The molecule has 0 bridgehead atoms. The van der Waals surface area contributed by atoms with Crippen molar-refractivity contribution in [1.29, 1.82) is 0 Å². The highest BCUT2D eigenvalue weighted by Crippen LogP contribution is 2.44. The van der Waals surface area contributed by atoms with Crippen molar-refractivity contribution in [3.63, 3.8) is 0 Å². The van der Waals surface area contributed by atoms with Gasteiger partial charge in [0.15, 0.2) is 0 Å². The summed E-state index contributed by atoms with van der Waals surface area (Å²) in [5.41, 5.74) is 6.27. The molecule has 5 rings (SSSR count). The SMILES string of the molecule is CNc1cncc(C(=O)N2CCC(c3ccc(-c4ccccc4C4CC4)cc3CO)C2)n1. The first-order chi connectivity index (χ1) is 15.7. The van der Waals surface area contributed by atoms with Crippen LogP contribution in [0.1, 0.15) is 58.3 Å². The van der Waals surface area contributed by atoms with Crippen LogP contribution in [0.3, 0.4) is 0 Å². The van der Waals surface area contributed by atoms with Gasteiger partial charge >= 0.3 is 0 Å². The summed E-state index contributed by atoms with van der Waals surface area (Å²) in [7, 11) is 1.76. The van der Waals surface area contributed by atoms with Gasteiger partial charge in [0.1, 0.15) is 11.5 Å². The molecule has 2 fully saturated rings. The third kappa shape index (κ3) is 3.98. The van der Waals surface area contributed by atoms with Crippen LogP contribution in [0, 0.1) is 0 Å². The molecular formula is C26H28N4O2. The second-order valence-electron chi connectivity index (χ2n) is 8.71. The number of likely N-dealkylation sites (tertiary alicyclic amines) is 1. The van der Waals surface area contributed by atoms with Crippen LogP contribution in [0.25, 0.3) is 11.1 Å². The van der Waals surface area contributed by atoms with E-state index in [9.17, 15) is 9.90 Å². The highest BCUT2D eigenvalue weighted by molar-refractivity contribution is 5.92. The Balaban J connectivity index is 1.37. The minimum Gasteiger partial charge on any atom is -0.392 e. The van der Waals surface area contributed by atoms with Gasteiger partial charge in [-0.2, -0.15) is 0 Å². The van der Waals surface area contributed by atoms with Gasteiger partial charge in [0.2, 0.25) is 0 Å². The van der Waals surface area contributed by atoms with Crippen molar-refractivity contribution in [3.8, 4) is 11.1 Å². The Morgan fingerprint density at radius 1 is 1.09 bits per heavy atom. The summed E-state index contributed by atoms with van der Waals surface area (Å²) in [6.45, 7) is 1.29. The molecule has 1 atom stereocenters. The Bertz CT molecular complexity index is 1140. The van der Waals surface area contributed by atoms with Gasteiger partial charge in [-0.25, -0.2) is 4.98 Å². The average molecular weight is 429 g/mol. The maximum Gasteiger partial charge on any atom is 0.274 e. The predicted molar refractivity (Wildman–Crippen MR) is 125 cm³/mol. The third-order valence-corrected chi connectivity index (χ3v) is 6.63. The van der Waals surface area contributed by atoms with Gasteiger partial charge < -0.3 is 15.3 Å². The van der Waals surface area contributed by atoms with Crippen molar-refractivity contribution in [3.05, 3.63) is 77.2 Å². The number of aliphatic hydroxyl groups is 1. The van der Waals surface area contributed by atoms with Gasteiger partial charge in [0.05, 0.1) is 19.0 Å². The molecule has 3 aromatic rings. The Labute approximate surface area is 188 Å². The van der Waals surface area contributed by atoms with Gasteiger partial charge in [-0.1, -0.05) is 36.4 Å². The fourth-order valence-electron chi connectivity index (χ4n) is 4.77. The molecule has 1 amide bonds. The van der Waals surface area contributed by atoms with Crippen LogP contribution in [0.15, 0.2) is 54.9 Å². The van der Waals surface area contributed by atoms with E-state index in [2.05, 4.69) is 57.7 Å². The molecule has 0 spiro atoms. The maximum atomic E-state index is 12.9. The zero-order valence-electron chi connectivity index (χ0n) is 18.3. The first-order valence-corrected chi connectivity index (χ1v) is 11.3. The van der Waals surface area contributed by atoms with E-state index in [0.717, 1.165) is 23.1 Å². The van der Waals surface area contributed by atoms with Crippen molar-refractivity contribution in [2.75, 3.05) is 25.5 Å². The number of benzene rings is 2. The van der Waals surface area contributed by atoms with Crippen molar-refractivity contribution in [1.82, 2.24) is 14.9 Å². The molecule has 0 radical (unpaired) electrons. The van der Waals surface area contributed by atoms with Crippen molar-refractivity contribution < 1.29 is 9.90 Å². The number of anilines is 1. The van der Waals surface area contributed by atoms with E-state index < -0.39 is 0 Å². The molecule has 1 saturated carbocycles. The number of carbonyl (C=O) groups excluding carboxylic acids is 1. The quantitative estimate of drug-likeness (QED) is 0.616. The summed E-state index contributed by atoms with van der Waals surface area (Å²) in [6.07, 6.45) is 6.50. The smallest absolute Gasteiger partial charge is 0.274 e. The molecule has 1 saturated heterocycles. The molecule has 2 N–H and O–H groups in total. The van der Waals surface area contributed by atoms with Gasteiger partial charge in [-0.15, -0.1) is 0 Å². The van der Waals surface area contributed by atoms with E-state index in [0.29, 0.717) is 30.5 Å². The lowest BCUT2D eigenvalue weighted by molar-refractivity contribution is 0.0784. The van der Waals surface area contributed by atoms with Crippen LogP contribution in [-0.4, -0.2) is 46.0 Å². The highest BCUT2D eigenvalue weighted by atomic mass is 16.3. The number of hydrogen-bond donors (Lipinski definition) is 2. The van der Waals surface area contributed by atoms with E-state index in [1.807, 2.05) is 4.90 Å². The normalized spacial score (nSPS) is 18.1. The van der Waals surface area contributed by atoms with E-state index in [1.54, 1.807) is 13.2 Å². The largest absolute Gasteiger partial charge is 0.392 e. The molecule has 1 aliphatic heterocycles. The number of amides is 1. The molecule has 2 aliphatic rings. The lowest BCUT2D eigenvalue weighted by Crippen LogP contribution is -2.29. The molecule has 6 nitrogen and oxygen atoms in total. The number of nitrogens with one attached hydrogen (secondary N) is 1. The monoisotopic (exact) mass is 428 g/mol. The first kappa shape index (κ1) is 20.6. The number of nitrogens with zero attached hydrogens (tertiary/aromatic N) is 3. The lowest BCUT2D eigenvalue weighted by atomic mass is 9.89. The van der Waals surface area contributed by atoms with Crippen LogP contribution < -0.4 is 5.32 Å². The molecule has 6 heteroatoms. The highest BCUT2D eigenvalue weighted by Gasteiger charge is 2.31. The molecule has 1 aliphatic carbocycles. The predicted octanol–water partition coefficient (Wildman–Crippen LogP) is 4.18. The second kappa shape index (κ2) is 8.71. The summed E-state index contributed by atoms with van der Waals surface area (Å²) in [5.74, 6) is 1.35. The van der Waals surface area contributed by atoms with Crippen LogP contribution >= 0.6 is 0 Å². The zero-order valence-corrected chi connectivity index (χ0v) is 18.3. The van der Waals surface area contributed by atoms with Crippen LogP contribution in [0.5, 0.6) is 0 Å². The Kier molecular flexibility index (Phi) is 5.62. The van der Waals surface area contributed by atoms with Gasteiger partial charge in [-0.3, -0.25) is 9.78 Å². The minimum atomic E-state index is -0.0994. The summed E-state index contributed by atoms with van der Waals surface area (Å²) in [6, 6.07) is 15.0. The molecule has 1 aromatic heterocycles. The molecule has 2 heterocycles. The van der Waals surface area contributed by atoms with E-state index in [-0.39, 0.29) is 18.4 Å². The van der Waals surface area contributed by atoms with E-state index >= 15 is 0 Å². The maximum absolute atomic E-state index is 12.9. The second-order valence-corrected chi connectivity index (χ2v) is 8.71.